The number of aromatic nitrogens is 5. The first-order valence-corrected chi connectivity index (χ1v) is 8.71. The molecule has 2 unspecified atom stereocenters. The zero-order valence-corrected chi connectivity index (χ0v) is 14.0. The summed E-state index contributed by atoms with van der Waals surface area (Å²) >= 11 is 0. The van der Waals surface area contributed by atoms with Gasteiger partial charge in [-0.15, -0.1) is 10.2 Å². The van der Waals surface area contributed by atoms with Gasteiger partial charge in [-0.05, 0) is 37.3 Å². The predicted molar refractivity (Wildman–Crippen MR) is 89.0 cm³/mol. The zero-order valence-electron chi connectivity index (χ0n) is 14.0. The summed E-state index contributed by atoms with van der Waals surface area (Å²) in [5, 5.41) is 17.2. The van der Waals surface area contributed by atoms with E-state index in [0.29, 0.717) is 18.2 Å². The molecular formula is C17H24N6O. The average molecular weight is 328 g/mol. The summed E-state index contributed by atoms with van der Waals surface area (Å²) in [6.07, 6.45) is 8.00. The number of carbonyl (C=O) groups excluding carboxylic acids is 1. The molecule has 0 radical (unpaired) electrons. The summed E-state index contributed by atoms with van der Waals surface area (Å²) < 4.78 is 0. The zero-order chi connectivity index (χ0) is 16.8. The molecular weight excluding hydrogens is 304 g/mol. The molecule has 2 heterocycles. The van der Waals surface area contributed by atoms with Crippen LogP contribution < -0.4 is 5.32 Å². The van der Waals surface area contributed by atoms with E-state index in [-0.39, 0.29) is 11.9 Å². The van der Waals surface area contributed by atoms with Crippen LogP contribution in [0.25, 0.3) is 0 Å². The Labute approximate surface area is 141 Å². The van der Waals surface area contributed by atoms with Crippen molar-refractivity contribution in [3.63, 3.8) is 0 Å². The molecule has 1 aliphatic carbocycles. The van der Waals surface area contributed by atoms with Crippen LogP contribution in [0.2, 0.25) is 0 Å². The van der Waals surface area contributed by atoms with Gasteiger partial charge in [0.25, 0.3) is 0 Å². The number of amides is 1. The van der Waals surface area contributed by atoms with Gasteiger partial charge in [-0.1, -0.05) is 31.0 Å². The van der Waals surface area contributed by atoms with Gasteiger partial charge in [0, 0.05) is 18.7 Å². The maximum absolute atomic E-state index is 13.0. The smallest absolute Gasteiger partial charge is 0.229 e. The van der Waals surface area contributed by atoms with E-state index in [1.807, 2.05) is 18.2 Å². The molecule has 2 N–H and O–H groups in total. The van der Waals surface area contributed by atoms with Crippen molar-refractivity contribution in [2.24, 2.45) is 5.92 Å². The van der Waals surface area contributed by atoms with Gasteiger partial charge in [-0.2, -0.15) is 5.21 Å². The second-order valence-electron chi connectivity index (χ2n) is 6.41. The first-order chi connectivity index (χ1) is 11.8. The number of carbonyl (C=O) groups is 1. The summed E-state index contributed by atoms with van der Waals surface area (Å²) in [6, 6.07) is 5.85. The minimum absolute atomic E-state index is 0.00255. The minimum Gasteiger partial charge on any atom is -0.353 e. The predicted octanol–water partition coefficient (Wildman–Crippen LogP) is 2.01. The number of aromatic amines is 1. The number of nitrogens with zero attached hydrogens (tertiary/aromatic N) is 4. The molecule has 0 saturated heterocycles. The Hall–Kier alpha value is -2.31. The molecule has 0 spiro atoms. The highest BCUT2D eigenvalue weighted by Gasteiger charge is 2.29. The lowest BCUT2D eigenvalue weighted by Crippen LogP contribution is -2.42. The van der Waals surface area contributed by atoms with Crippen LogP contribution in [0.3, 0.4) is 0 Å². The molecule has 1 fully saturated rings. The van der Waals surface area contributed by atoms with E-state index in [2.05, 4.69) is 37.8 Å². The molecule has 1 aliphatic rings. The van der Waals surface area contributed by atoms with E-state index in [1.54, 1.807) is 6.20 Å². The Morgan fingerprint density at radius 1 is 1.38 bits per heavy atom. The number of nitrogens with one attached hydrogen (secondary N) is 2. The van der Waals surface area contributed by atoms with Crippen LogP contribution >= 0.6 is 0 Å². The topological polar surface area (TPSA) is 96.5 Å². The largest absolute Gasteiger partial charge is 0.353 e. The fourth-order valence-corrected chi connectivity index (χ4v) is 3.56. The van der Waals surface area contributed by atoms with E-state index in [1.165, 1.54) is 25.7 Å². The third-order valence-corrected chi connectivity index (χ3v) is 4.87. The number of hydrogen-bond donors (Lipinski definition) is 2. The fraction of sp³-hybridized carbons (Fsp3) is 0.588. The van der Waals surface area contributed by atoms with E-state index in [9.17, 15) is 4.79 Å². The highest BCUT2D eigenvalue weighted by molar-refractivity contribution is 5.83. The number of H-pyrrole nitrogens is 1. The first-order valence-electron chi connectivity index (χ1n) is 8.71. The van der Waals surface area contributed by atoms with Gasteiger partial charge in [0.2, 0.25) is 5.91 Å². The maximum Gasteiger partial charge on any atom is 0.229 e. The normalized spacial score (nSPS) is 17.5. The average Bonchev–Trinajstić information content (AvgIpc) is 3.31. The molecule has 2 aromatic heterocycles. The Balaban J connectivity index is 1.75. The molecule has 2 aromatic rings. The van der Waals surface area contributed by atoms with Crippen molar-refractivity contribution in [3.05, 3.63) is 35.9 Å². The van der Waals surface area contributed by atoms with Crippen LogP contribution in [0, 0.1) is 5.92 Å². The van der Waals surface area contributed by atoms with Gasteiger partial charge < -0.3 is 5.32 Å². The molecule has 0 aliphatic heterocycles. The molecule has 0 aromatic carbocycles. The van der Waals surface area contributed by atoms with Gasteiger partial charge in [-0.3, -0.25) is 9.78 Å². The molecule has 1 amide bonds. The summed E-state index contributed by atoms with van der Waals surface area (Å²) in [5.41, 5.74) is 0.737. The van der Waals surface area contributed by atoms with Crippen molar-refractivity contribution in [1.29, 1.82) is 0 Å². The van der Waals surface area contributed by atoms with Crippen molar-refractivity contribution in [3.8, 4) is 0 Å². The fourth-order valence-electron chi connectivity index (χ4n) is 3.56. The molecule has 128 valence electrons. The van der Waals surface area contributed by atoms with E-state index < -0.39 is 5.92 Å². The Morgan fingerprint density at radius 2 is 2.21 bits per heavy atom. The van der Waals surface area contributed by atoms with Gasteiger partial charge in [0.1, 0.15) is 0 Å². The number of hydrogen-bond acceptors (Lipinski definition) is 5. The van der Waals surface area contributed by atoms with Gasteiger partial charge in [0.05, 0.1) is 11.6 Å². The van der Waals surface area contributed by atoms with Gasteiger partial charge in [0.15, 0.2) is 5.82 Å². The van der Waals surface area contributed by atoms with E-state index >= 15 is 0 Å². The monoisotopic (exact) mass is 328 g/mol. The summed E-state index contributed by atoms with van der Waals surface area (Å²) in [5.74, 6) is 0.708. The molecule has 0 bridgehead atoms. The maximum atomic E-state index is 13.0. The third kappa shape index (κ3) is 3.96. The lowest BCUT2D eigenvalue weighted by molar-refractivity contribution is -0.123. The number of tetrazole rings is 1. The molecule has 7 nitrogen and oxygen atoms in total. The molecule has 1 saturated carbocycles. The van der Waals surface area contributed by atoms with Crippen molar-refractivity contribution >= 4 is 5.91 Å². The summed E-state index contributed by atoms with van der Waals surface area (Å²) in [4.78, 5) is 17.3. The van der Waals surface area contributed by atoms with Crippen molar-refractivity contribution in [1.82, 2.24) is 30.9 Å². The van der Waals surface area contributed by atoms with E-state index in [0.717, 1.165) is 12.1 Å². The molecule has 7 heteroatoms. The lowest BCUT2D eigenvalue weighted by atomic mass is 9.93. The molecule has 2 atom stereocenters. The van der Waals surface area contributed by atoms with Crippen LogP contribution in [0.1, 0.15) is 56.5 Å². The van der Waals surface area contributed by atoms with Crippen LogP contribution in [-0.2, 0) is 11.2 Å². The summed E-state index contributed by atoms with van der Waals surface area (Å²) in [6.45, 7) is 2.14. The molecule has 24 heavy (non-hydrogen) atoms. The van der Waals surface area contributed by atoms with E-state index in [4.69, 9.17) is 0 Å². The van der Waals surface area contributed by atoms with Crippen LogP contribution in [0.5, 0.6) is 0 Å². The standard InChI is InChI=1S/C17H24N6O/c1-2-14(12-7-3-4-8-12)19-17(24)13(11-16-20-22-23-21-16)15-9-5-6-10-18-15/h5-6,9-10,12-14H,2-4,7-8,11H2,1H3,(H,19,24)(H,20,21,22,23). The first kappa shape index (κ1) is 16.5. The minimum atomic E-state index is -0.403. The van der Waals surface area contributed by atoms with Gasteiger partial charge in [-0.25, -0.2) is 0 Å². The molecule has 3 rings (SSSR count). The SMILES string of the molecule is CCC(NC(=O)C(Cc1nn[nH]n1)c1ccccn1)C1CCCC1. The van der Waals surface area contributed by atoms with Crippen LogP contribution in [0.15, 0.2) is 24.4 Å². The summed E-state index contributed by atoms with van der Waals surface area (Å²) in [7, 11) is 0. The highest BCUT2D eigenvalue weighted by atomic mass is 16.2. The van der Waals surface area contributed by atoms with Crippen LogP contribution in [-0.4, -0.2) is 37.6 Å². The third-order valence-electron chi connectivity index (χ3n) is 4.87. The van der Waals surface area contributed by atoms with Crippen LogP contribution in [0.4, 0.5) is 0 Å². The van der Waals surface area contributed by atoms with Crippen molar-refractivity contribution < 1.29 is 4.79 Å². The second-order valence-corrected chi connectivity index (χ2v) is 6.41. The Morgan fingerprint density at radius 3 is 2.83 bits per heavy atom. The lowest BCUT2D eigenvalue weighted by Gasteiger charge is -2.25. The van der Waals surface area contributed by atoms with Crippen molar-refractivity contribution in [2.75, 3.05) is 0 Å². The quantitative estimate of drug-likeness (QED) is 0.810. The van der Waals surface area contributed by atoms with Crippen molar-refractivity contribution in [2.45, 2.75) is 57.4 Å². The Bertz CT molecular complexity index is 624. The Kier molecular flexibility index (Phi) is 5.51. The second kappa shape index (κ2) is 7.99. The number of pyridine rings is 1. The van der Waals surface area contributed by atoms with Gasteiger partial charge >= 0.3 is 0 Å². The number of rotatable bonds is 7. The highest BCUT2D eigenvalue weighted by Crippen LogP contribution is 2.29.